The molecule has 17 heavy (non-hydrogen) atoms. The molecular weight excluding hydrogens is 228 g/mol. The number of halogens is 1. The molecule has 0 amide bonds. The summed E-state index contributed by atoms with van der Waals surface area (Å²) in [7, 11) is 0. The summed E-state index contributed by atoms with van der Waals surface area (Å²) < 4.78 is 0. The van der Waals surface area contributed by atoms with Crippen molar-refractivity contribution in [1.82, 2.24) is 0 Å². The second-order valence-electron chi connectivity index (χ2n) is 7.49. The lowest BCUT2D eigenvalue weighted by molar-refractivity contribution is 0.0843. The number of hydrogen-bond acceptors (Lipinski definition) is 0. The highest BCUT2D eigenvalue weighted by atomic mass is 35.5. The van der Waals surface area contributed by atoms with Crippen molar-refractivity contribution in [3.63, 3.8) is 0 Å². The zero-order valence-electron chi connectivity index (χ0n) is 12.5. The van der Waals surface area contributed by atoms with Crippen molar-refractivity contribution in [1.29, 1.82) is 0 Å². The highest BCUT2D eigenvalue weighted by Gasteiger charge is 2.38. The Bertz CT molecular complexity index is 218. The molecule has 1 saturated carbocycles. The van der Waals surface area contributed by atoms with E-state index < -0.39 is 0 Å². The zero-order chi connectivity index (χ0) is 13.1. The first-order valence-electron chi connectivity index (χ1n) is 7.39. The molecule has 1 rings (SSSR count). The lowest BCUT2D eigenvalue weighted by Gasteiger charge is -2.44. The van der Waals surface area contributed by atoms with Crippen LogP contribution in [-0.4, -0.2) is 5.88 Å². The van der Waals surface area contributed by atoms with Gasteiger partial charge in [-0.05, 0) is 54.8 Å². The molecule has 0 N–H and O–H groups in total. The molecule has 0 bridgehead atoms. The highest BCUT2D eigenvalue weighted by Crippen LogP contribution is 2.48. The molecule has 0 saturated heterocycles. The lowest BCUT2D eigenvalue weighted by atomic mass is 9.62. The fourth-order valence-electron chi connectivity index (χ4n) is 3.37. The minimum Gasteiger partial charge on any atom is -0.126 e. The minimum absolute atomic E-state index is 0.457. The Morgan fingerprint density at radius 2 is 1.76 bits per heavy atom. The van der Waals surface area contributed by atoms with Crippen molar-refractivity contribution >= 4 is 11.6 Å². The standard InChI is InChI=1S/C16H31Cl/c1-6-13(2)11-16(12-17)9-7-14(8-10-16)15(3,4)5/h13-14H,6-12H2,1-5H3. The molecule has 0 spiro atoms. The summed E-state index contributed by atoms with van der Waals surface area (Å²) in [6.45, 7) is 11.8. The van der Waals surface area contributed by atoms with E-state index in [1.165, 1.54) is 38.5 Å². The van der Waals surface area contributed by atoms with Crippen LogP contribution in [0.2, 0.25) is 0 Å². The molecule has 1 atom stereocenters. The van der Waals surface area contributed by atoms with Gasteiger partial charge in [0.2, 0.25) is 0 Å². The van der Waals surface area contributed by atoms with Gasteiger partial charge < -0.3 is 0 Å². The third-order valence-corrected chi connectivity index (χ3v) is 5.60. The maximum Gasteiger partial charge on any atom is 0.0280 e. The first-order valence-corrected chi connectivity index (χ1v) is 7.92. The largest absolute Gasteiger partial charge is 0.126 e. The van der Waals surface area contributed by atoms with E-state index in [1.807, 2.05) is 0 Å². The van der Waals surface area contributed by atoms with Gasteiger partial charge in [-0.1, -0.05) is 41.0 Å². The molecule has 0 radical (unpaired) electrons. The van der Waals surface area contributed by atoms with Crippen LogP contribution in [0.5, 0.6) is 0 Å². The van der Waals surface area contributed by atoms with Crippen LogP contribution in [-0.2, 0) is 0 Å². The van der Waals surface area contributed by atoms with Crippen LogP contribution in [0.3, 0.4) is 0 Å². The topological polar surface area (TPSA) is 0 Å². The summed E-state index contributed by atoms with van der Waals surface area (Å²) in [4.78, 5) is 0. The fourth-order valence-corrected chi connectivity index (χ4v) is 3.75. The third kappa shape index (κ3) is 4.16. The second-order valence-corrected chi connectivity index (χ2v) is 7.76. The zero-order valence-corrected chi connectivity index (χ0v) is 13.2. The van der Waals surface area contributed by atoms with Gasteiger partial charge in [-0.2, -0.15) is 0 Å². The van der Waals surface area contributed by atoms with E-state index in [2.05, 4.69) is 34.6 Å². The van der Waals surface area contributed by atoms with Crippen molar-refractivity contribution in [3.8, 4) is 0 Å². The van der Waals surface area contributed by atoms with Gasteiger partial charge >= 0.3 is 0 Å². The molecule has 1 heteroatoms. The fraction of sp³-hybridized carbons (Fsp3) is 1.00. The molecule has 0 aromatic rings. The van der Waals surface area contributed by atoms with E-state index in [0.717, 1.165) is 17.7 Å². The van der Waals surface area contributed by atoms with E-state index in [1.54, 1.807) is 0 Å². The first-order chi connectivity index (χ1) is 7.83. The summed E-state index contributed by atoms with van der Waals surface area (Å²) in [5, 5.41) is 0. The second kappa shape index (κ2) is 5.95. The molecule has 0 aromatic heterocycles. The Labute approximate surface area is 114 Å². The quantitative estimate of drug-likeness (QED) is 0.552. The van der Waals surface area contributed by atoms with E-state index in [0.29, 0.717) is 10.8 Å². The smallest absolute Gasteiger partial charge is 0.0280 e. The predicted octanol–water partition coefficient (Wildman–Crippen LogP) is 5.88. The molecule has 102 valence electrons. The van der Waals surface area contributed by atoms with E-state index >= 15 is 0 Å². The Hall–Kier alpha value is 0.290. The highest BCUT2D eigenvalue weighted by molar-refractivity contribution is 6.18. The van der Waals surface area contributed by atoms with Gasteiger partial charge in [-0.3, -0.25) is 0 Å². The molecule has 0 aromatic carbocycles. The Morgan fingerprint density at radius 1 is 1.24 bits per heavy atom. The molecule has 0 aliphatic heterocycles. The average molecular weight is 259 g/mol. The van der Waals surface area contributed by atoms with Crippen LogP contribution in [0.25, 0.3) is 0 Å². The van der Waals surface area contributed by atoms with Gasteiger partial charge in [-0.15, -0.1) is 11.6 Å². The van der Waals surface area contributed by atoms with E-state index in [4.69, 9.17) is 11.6 Å². The summed E-state index contributed by atoms with van der Waals surface area (Å²) in [6.07, 6.45) is 8.09. The number of rotatable bonds is 4. The maximum atomic E-state index is 6.30. The summed E-state index contributed by atoms with van der Waals surface area (Å²) >= 11 is 6.30. The van der Waals surface area contributed by atoms with Crippen LogP contribution in [0.1, 0.15) is 73.1 Å². The van der Waals surface area contributed by atoms with Gasteiger partial charge in [0, 0.05) is 5.88 Å². The van der Waals surface area contributed by atoms with Gasteiger partial charge in [0.1, 0.15) is 0 Å². The average Bonchev–Trinajstić information content (AvgIpc) is 2.28. The minimum atomic E-state index is 0.457. The molecule has 1 aliphatic rings. The Kier molecular flexibility index (Phi) is 5.38. The number of hydrogen-bond donors (Lipinski definition) is 0. The molecule has 1 aliphatic carbocycles. The predicted molar refractivity (Wildman–Crippen MR) is 78.6 cm³/mol. The Morgan fingerprint density at radius 3 is 2.12 bits per heavy atom. The Balaban J connectivity index is 2.57. The molecular formula is C16H31Cl. The normalized spacial score (nSPS) is 32.5. The maximum absolute atomic E-state index is 6.30. The summed E-state index contributed by atoms with van der Waals surface area (Å²) in [5.41, 5.74) is 0.938. The van der Waals surface area contributed by atoms with Crippen LogP contribution < -0.4 is 0 Å². The molecule has 1 unspecified atom stereocenters. The van der Waals surface area contributed by atoms with Gasteiger partial charge in [-0.25, -0.2) is 0 Å². The SMILES string of the molecule is CCC(C)CC1(CCl)CCC(C(C)(C)C)CC1. The van der Waals surface area contributed by atoms with E-state index in [-0.39, 0.29) is 0 Å². The summed E-state index contributed by atoms with van der Waals surface area (Å²) in [5.74, 6) is 2.60. The number of alkyl halides is 1. The monoisotopic (exact) mass is 258 g/mol. The van der Waals surface area contributed by atoms with E-state index in [9.17, 15) is 0 Å². The van der Waals surface area contributed by atoms with Crippen molar-refractivity contribution < 1.29 is 0 Å². The molecule has 0 heterocycles. The third-order valence-electron chi connectivity index (χ3n) is 5.03. The van der Waals surface area contributed by atoms with Crippen LogP contribution in [0.4, 0.5) is 0 Å². The van der Waals surface area contributed by atoms with Crippen molar-refractivity contribution in [2.75, 3.05) is 5.88 Å². The van der Waals surface area contributed by atoms with Crippen LogP contribution >= 0.6 is 11.6 Å². The summed E-state index contributed by atoms with van der Waals surface area (Å²) in [6, 6.07) is 0. The van der Waals surface area contributed by atoms with Crippen LogP contribution in [0, 0.1) is 22.7 Å². The van der Waals surface area contributed by atoms with Crippen LogP contribution in [0.15, 0.2) is 0 Å². The van der Waals surface area contributed by atoms with Gasteiger partial charge in [0.05, 0.1) is 0 Å². The van der Waals surface area contributed by atoms with Crippen molar-refractivity contribution in [2.45, 2.75) is 73.1 Å². The molecule has 0 nitrogen and oxygen atoms in total. The lowest BCUT2D eigenvalue weighted by Crippen LogP contribution is -2.35. The van der Waals surface area contributed by atoms with Crippen molar-refractivity contribution in [2.24, 2.45) is 22.7 Å². The first kappa shape index (κ1) is 15.3. The van der Waals surface area contributed by atoms with Gasteiger partial charge in [0.25, 0.3) is 0 Å². The molecule has 1 fully saturated rings. The van der Waals surface area contributed by atoms with Gasteiger partial charge in [0.15, 0.2) is 0 Å². The van der Waals surface area contributed by atoms with Crippen molar-refractivity contribution in [3.05, 3.63) is 0 Å².